The van der Waals surface area contributed by atoms with Crippen molar-refractivity contribution < 1.29 is 14.6 Å². The zero-order chi connectivity index (χ0) is 13.2. The Morgan fingerprint density at radius 2 is 2.11 bits per heavy atom. The van der Waals surface area contributed by atoms with Crippen LogP contribution < -0.4 is 5.73 Å². The number of rotatable bonds is 5. The molecule has 0 bridgehead atoms. The van der Waals surface area contributed by atoms with Crippen molar-refractivity contribution in [2.45, 2.75) is 23.3 Å². The number of carboxylic acids is 1. The van der Waals surface area contributed by atoms with Crippen molar-refractivity contribution in [3.05, 3.63) is 29.8 Å². The standard InChI is InChI=1S/C13H17NO3S/c1-2-18-10-5-3-9(4-6-10)13(7-17-8-13)11(14)12(15)16/h3-6,11H,2,7-8,14H2,1H3,(H,15,16). The fraction of sp³-hybridized carbons (Fsp3) is 0.462. The number of thioether (sulfide) groups is 1. The summed E-state index contributed by atoms with van der Waals surface area (Å²) >= 11 is 1.76. The minimum absolute atomic E-state index is 0.376. The van der Waals surface area contributed by atoms with Gasteiger partial charge in [0.25, 0.3) is 0 Å². The van der Waals surface area contributed by atoms with Crippen LogP contribution in [0.3, 0.4) is 0 Å². The summed E-state index contributed by atoms with van der Waals surface area (Å²) in [5.41, 5.74) is 6.18. The number of aliphatic carboxylic acids is 1. The molecule has 1 atom stereocenters. The molecule has 0 aliphatic carbocycles. The van der Waals surface area contributed by atoms with Gasteiger partial charge in [-0.25, -0.2) is 0 Å². The lowest BCUT2D eigenvalue weighted by molar-refractivity contribution is -0.148. The summed E-state index contributed by atoms with van der Waals surface area (Å²) in [6, 6.07) is 7.03. The molecular weight excluding hydrogens is 250 g/mol. The lowest BCUT2D eigenvalue weighted by Crippen LogP contribution is -2.61. The molecule has 98 valence electrons. The van der Waals surface area contributed by atoms with Crippen LogP contribution in [0, 0.1) is 0 Å². The number of hydrogen-bond donors (Lipinski definition) is 2. The highest BCUT2D eigenvalue weighted by Gasteiger charge is 2.48. The molecule has 18 heavy (non-hydrogen) atoms. The minimum atomic E-state index is -0.981. The maximum atomic E-state index is 11.1. The molecule has 1 saturated heterocycles. The Kier molecular flexibility index (Phi) is 3.94. The van der Waals surface area contributed by atoms with Crippen LogP contribution in [0.4, 0.5) is 0 Å². The van der Waals surface area contributed by atoms with Crippen LogP contribution in [0.1, 0.15) is 12.5 Å². The summed E-state index contributed by atoms with van der Waals surface area (Å²) in [4.78, 5) is 12.3. The van der Waals surface area contributed by atoms with Gasteiger partial charge in [0.15, 0.2) is 0 Å². The van der Waals surface area contributed by atoms with E-state index in [2.05, 4.69) is 6.92 Å². The highest BCUT2D eigenvalue weighted by atomic mass is 32.2. The highest BCUT2D eigenvalue weighted by molar-refractivity contribution is 7.99. The lowest BCUT2D eigenvalue weighted by atomic mass is 9.73. The number of nitrogens with two attached hydrogens (primary N) is 1. The Balaban J connectivity index is 2.25. The van der Waals surface area contributed by atoms with E-state index in [9.17, 15) is 4.79 Å². The quantitative estimate of drug-likeness (QED) is 0.791. The van der Waals surface area contributed by atoms with Gasteiger partial charge in [-0.3, -0.25) is 4.79 Å². The van der Waals surface area contributed by atoms with Crippen molar-refractivity contribution in [2.24, 2.45) is 5.73 Å². The van der Waals surface area contributed by atoms with Crippen LogP contribution in [-0.4, -0.2) is 36.1 Å². The second-order valence-electron chi connectivity index (χ2n) is 4.42. The zero-order valence-electron chi connectivity index (χ0n) is 10.3. The number of benzene rings is 1. The first-order chi connectivity index (χ1) is 8.60. The van der Waals surface area contributed by atoms with Crippen molar-refractivity contribution in [3.63, 3.8) is 0 Å². The van der Waals surface area contributed by atoms with Gasteiger partial charge in [-0.1, -0.05) is 19.1 Å². The van der Waals surface area contributed by atoms with E-state index in [0.717, 1.165) is 11.3 Å². The molecule has 1 heterocycles. The van der Waals surface area contributed by atoms with Gasteiger partial charge >= 0.3 is 5.97 Å². The SMILES string of the molecule is CCSc1ccc(C2(C(N)C(=O)O)COC2)cc1. The van der Waals surface area contributed by atoms with Crippen LogP contribution in [0.2, 0.25) is 0 Å². The van der Waals surface area contributed by atoms with Crippen molar-refractivity contribution in [3.8, 4) is 0 Å². The predicted octanol–water partition coefficient (Wildman–Crippen LogP) is 1.48. The highest BCUT2D eigenvalue weighted by Crippen LogP contribution is 2.36. The normalized spacial score (nSPS) is 19.0. The Labute approximate surface area is 111 Å². The molecule has 3 N–H and O–H groups in total. The van der Waals surface area contributed by atoms with Crippen molar-refractivity contribution in [2.75, 3.05) is 19.0 Å². The molecule has 5 heteroatoms. The van der Waals surface area contributed by atoms with Crippen LogP contribution >= 0.6 is 11.8 Å². The van der Waals surface area contributed by atoms with Gasteiger partial charge in [-0.2, -0.15) is 0 Å². The van der Waals surface area contributed by atoms with Crippen LogP contribution in [-0.2, 0) is 14.9 Å². The van der Waals surface area contributed by atoms with Crippen LogP contribution in [0.5, 0.6) is 0 Å². The molecular formula is C13H17NO3S. The Morgan fingerprint density at radius 1 is 1.50 bits per heavy atom. The van der Waals surface area contributed by atoms with Gasteiger partial charge in [0.2, 0.25) is 0 Å². The van der Waals surface area contributed by atoms with Gasteiger partial charge in [0.1, 0.15) is 6.04 Å². The molecule has 1 aromatic rings. The third-order valence-corrected chi connectivity index (χ3v) is 4.22. The molecule has 1 fully saturated rings. The third kappa shape index (κ3) is 2.25. The van der Waals surface area contributed by atoms with E-state index in [1.807, 2.05) is 24.3 Å². The van der Waals surface area contributed by atoms with E-state index >= 15 is 0 Å². The first-order valence-corrected chi connectivity index (χ1v) is 6.88. The first-order valence-electron chi connectivity index (χ1n) is 5.89. The smallest absolute Gasteiger partial charge is 0.321 e. The molecule has 4 nitrogen and oxygen atoms in total. The second-order valence-corrected chi connectivity index (χ2v) is 5.76. The fourth-order valence-electron chi connectivity index (χ4n) is 2.13. The number of hydrogen-bond acceptors (Lipinski definition) is 4. The molecule has 1 unspecified atom stereocenters. The predicted molar refractivity (Wildman–Crippen MR) is 70.9 cm³/mol. The Morgan fingerprint density at radius 3 is 2.50 bits per heavy atom. The molecule has 1 aliphatic heterocycles. The summed E-state index contributed by atoms with van der Waals surface area (Å²) < 4.78 is 5.19. The lowest BCUT2D eigenvalue weighted by Gasteiger charge is -2.44. The summed E-state index contributed by atoms with van der Waals surface area (Å²) in [6.45, 7) is 2.85. The molecule has 0 aromatic heterocycles. The van der Waals surface area contributed by atoms with Gasteiger partial charge < -0.3 is 15.6 Å². The summed E-state index contributed by atoms with van der Waals surface area (Å²) in [7, 11) is 0. The fourth-order valence-corrected chi connectivity index (χ4v) is 2.80. The summed E-state index contributed by atoms with van der Waals surface area (Å²) in [6.07, 6.45) is 0. The molecule has 0 amide bonds. The van der Waals surface area contributed by atoms with Gasteiger partial charge in [0.05, 0.1) is 18.6 Å². The van der Waals surface area contributed by atoms with Crippen LogP contribution in [0.25, 0.3) is 0 Å². The molecule has 1 aromatic carbocycles. The number of carbonyl (C=O) groups is 1. The van der Waals surface area contributed by atoms with Crippen LogP contribution in [0.15, 0.2) is 29.2 Å². The topological polar surface area (TPSA) is 72.6 Å². The first kappa shape index (κ1) is 13.4. The molecule has 0 spiro atoms. The van der Waals surface area contributed by atoms with E-state index in [1.165, 1.54) is 4.90 Å². The monoisotopic (exact) mass is 267 g/mol. The van der Waals surface area contributed by atoms with E-state index in [1.54, 1.807) is 11.8 Å². The van der Waals surface area contributed by atoms with Crippen molar-refractivity contribution >= 4 is 17.7 Å². The third-order valence-electron chi connectivity index (χ3n) is 3.32. The van der Waals surface area contributed by atoms with Crippen molar-refractivity contribution in [1.29, 1.82) is 0 Å². The molecule has 0 radical (unpaired) electrons. The largest absolute Gasteiger partial charge is 0.480 e. The molecule has 0 saturated carbocycles. The maximum Gasteiger partial charge on any atom is 0.321 e. The summed E-state index contributed by atoms with van der Waals surface area (Å²) in [5.74, 6) is 0.0349. The molecule has 1 aliphatic rings. The average molecular weight is 267 g/mol. The van der Waals surface area contributed by atoms with Gasteiger partial charge in [-0.05, 0) is 23.4 Å². The van der Waals surface area contributed by atoms with E-state index < -0.39 is 17.4 Å². The van der Waals surface area contributed by atoms with Gasteiger partial charge in [-0.15, -0.1) is 11.8 Å². The zero-order valence-corrected chi connectivity index (χ0v) is 11.1. The van der Waals surface area contributed by atoms with Gasteiger partial charge in [0, 0.05) is 4.90 Å². The number of carboxylic acid groups (broad SMARTS) is 1. The van der Waals surface area contributed by atoms with E-state index in [4.69, 9.17) is 15.6 Å². The maximum absolute atomic E-state index is 11.1. The Hall–Kier alpha value is -1.04. The van der Waals surface area contributed by atoms with E-state index in [-0.39, 0.29) is 0 Å². The number of ether oxygens (including phenoxy) is 1. The minimum Gasteiger partial charge on any atom is -0.480 e. The summed E-state index contributed by atoms with van der Waals surface area (Å²) in [5, 5.41) is 9.10. The Bertz CT molecular complexity index is 428. The average Bonchev–Trinajstić information content (AvgIpc) is 2.30. The van der Waals surface area contributed by atoms with E-state index in [0.29, 0.717) is 13.2 Å². The van der Waals surface area contributed by atoms with Crippen molar-refractivity contribution in [1.82, 2.24) is 0 Å². The molecule has 2 rings (SSSR count). The second kappa shape index (κ2) is 5.30.